The molecule has 2 N–H and O–H groups in total. The zero-order chi connectivity index (χ0) is 12.0. The molecule has 1 rings (SSSR count). The van der Waals surface area contributed by atoms with Crippen molar-refractivity contribution < 1.29 is 14.3 Å². The highest BCUT2D eigenvalue weighted by molar-refractivity contribution is 5.78. The second-order valence-electron chi connectivity index (χ2n) is 3.84. The summed E-state index contributed by atoms with van der Waals surface area (Å²) in [7, 11) is 1.73. The summed E-state index contributed by atoms with van der Waals surface area (Å²) in [5, 5.41) is 5.42. The Morgan fingerprint density at radius 2 is 2.31 bits per heavy atom. The summed E-state index contributed by atoms with van der Waals surface area (Å²) >= 11 is 0. The summed E-state index contributed by atoms with van der Waals surface area (Å²) in [6.07, 6.45) is 0.792. The van der Waals surface area contributed by atoms with E-state index in [1.807, 2.05) is 6.92 Å². The van der Waals surface area contributed by atoms with Gasteiger partial charge in [-0.15, -0.1) is 0 Å². The lowest BCUT2D eigenvalue weighted by Crippen LogP contribution is -2.50. The molecule has 0 saturated carbocycles. The van der Waals surface area contributed by atoms with E-state index in [2.05, 4.69) is 10.6 Å². The molecule has 0 aromatic rings. The summed E-state index contributed by atoms with van der Waals surface area (Å²) in [5.74, 6) is -0.0216. The first-order valence-electron chi connectivity index (χ1n) is 5.50. The first-order chi connectivity index (χ1) is 7.63. The van der Waals surface area contributed by atoms with Crippen LogP contribution in [0, 0.1) is 0 Å². The van der Waals surface area contributed by atoms with E-state index in [0.717, 1.165) is 6.42 Å². The van der Waals surface area contributed by atoms with Gasteiger partial charge >= 0.3 is 6.03 Å². The summed E-state index contributed by atoms with van der Waals surface area (Å²) in [6.45, 7) is 3.69. The van der Waals surface area contributed by atoms with Crippen LogP contribution in [-0.4, -0.2) is 56.2 Å². The predicted octanol–water partition coefficient (Wildman–Crippen LogP) is -0.447. The number of carbonyl (C=O) groups is 2. The molecule has 3 amide bonds. The molecule has 1 heterocycles. The molecule has 92 valence electrons. The third kappa shape index (κ3) is 4.06. The van der Waals surface area contributed by atoms with Crippen molar-refractivity contribution in [3.05, 3.63) is 0 Å². The zero-order valence-electron chi connectivity index (χ0n) is 9.78. The van der Waals surface area contributed by atoms with Crippen LogP contribution >= 0.6 is 0 Å². The van der Waals surface area contributed by atoms with Crippen LogP contribution in [0.15, 0.2) is 0 Å². The van der Waals surface area contributed by atoms with Gasteiger partial charge in [-0.3, -0.25) is 4.79 Å². The van der Waals surface area contributed by atoms with Crippen molar-refractivity contribution >= 4 is 11.9 Å². The van der Waals surface area contributed by atoms with Gasteiger partial charge in [0, 0.05) is 26.7 Å². The first kappa shape index (κ1) is 12.8. The molecule has 1 aliphatic rings. The Morgan fingerprint density at radius 1 is 1.56 bits per heavy atom. The van der Waals surface area contributed by atoms with Crippen LogP contribution in [0.25, 0.3) is 0 Å². The lowest BCUT2D eigenvalue weighted by atomic mass is 10.3. The molecule has 0 bridgehead atoms. The highest BCUT2D eigenvalue weighted by Crippen LogP contribution is 2.02. The highest BCUT2D eigenvalue weighted by atomic mass is 16.5. The summed E-state index contributed by atoms with van der Waals surface area (Å²) in [6, 6.07) is -0.190. The molecule has 1 unspecified atom stereocenters. The number of rotatable bonds is 4. The maximum atomic E-state index is 11.2. The van der Waals surface area contributed by atoms with Gasteiger partial charge in [-0.1, -0.05) is 6.92 Å². The minimum atomic E-state index is -0.190. The van der Waals surface area contributed by atoms with Crippen molar-refractivity contribution in [1.29, 1.82) is 0 Å². The first-order valence-corrected chi connectivity index (χ1v) is 5.50. The summed E-state index contributed by atoms with van der Waals surface area (Å²) < 4.78 is 5.28. The van der Waals surface area contributed by atoms with Crippen LogP contribution in [0.1, 0.15) is 13.3 Å². The minimum absolute atomic E-state index is 0.0216. The molecule has 0 radical (unpaired) electrons. The number of likely N-dealkylation sites (N-methyl/N-ethyl adjacent to an activating group) is 1. The van der Waals surface area contributed by atoms with E-state index in [9.17, 15) is 9.59 Å². The molecule has 0 aromatic heterocycles. The number of hydrogen-bond acceptors (Lipinski definition) is 3. The van der Waals surface area contributed by atoms with E-state index in [4.69, 9.17) is 4.74 Å². The molecular weight excluding hydrogens is 210 g/mol. The van der Waals surface area contributed by atoms with Crippen molar-refractivity contribution in [2.24, 2.45) is 0 Å². The average Bonchev–Trinajstić information content (AvgIpc) is 2.28. The van der Waals surface area contributed by atoms with Gasteiger partial charge < -0.3 is 20.3 Å². The lowest BCUT2D eigenvalue weighted by Gasteiger charge is -2.29. The number of urea groups is 1. The largest absolute Gasteiger partial charge is 0.365 e. The third-order valence-corrected chi connectivity index (χ3v) is 2.37. The van der Waals surface area contributed by atoms with Crippen LogP contribution < -0.4 is 10.6 Å². The average molecular weight is 229 g/mol. The molecule has 0 aromatic carbocycles. The quantitative estimate of drug-likeness (QED) is 0.686. The van der Waals surface area contributed by atoms with Gasteiger partial charge in [0.05, 0.1) is 6.10 Å². The Balaban J connectivity index is 2.18. The molecule has 6 nitrogen and oxygen atoms in total. The number of hydrogen-bond donors (Lipinski definition) is 2. The fourth-order valence-corrected chi connectivity index (χ4v) is 1.39. The second-order valence-corrected chi connectivity index (χ2v) is 3.84. The van der Waals surface area contributed by atoms with Crippen LogP contribution in [-0.2, 0) is 9.53 Å². The van der Waals surface area contributed by atoms with Crippen LogP contribution in [0.4, 0.5) is 4.79 Å². The third-order valence-electron chi connectivity index (χ3n) is 2.37. The Labute approximate surface area is 95.3 Å². The summed E-state index contributed by atoms with van der Waals surface area (Å²) in [4.78, 5) is 24.0. The maximum absolute atomic E-state index is 11.2. The van der Waals surface area contributed by atoms with E-state index < -0.39 is 0 Å². The fraction of sp³-hybridized carbons (Fsp3) is 0.800. The van der Waals surface area contributed by atoms with Gasteiger partial charge in [-0.25, -0.2) is 4.79 Å². The van der Waals surface area contributed by atoms with Gasteiger partial charge in [0.15, 0.2) is 0 Å². The molecule has 1 aliphatic heterocycles. The molecule has 1 atom stereocenters. The van der Waals surface area contributed by atoms with E-state index >= 15 is 0 Å². The SMILES string of the molecule is CCCNC(=O)NCC1CN(C)C(=O)CO1. The van der Waals surface area contributed by atoms with Crippen molar-refractivity contribution in [1.82, 2.24) is 15.5 Å². The van der Waals surface area contributed by atoms with Crippen molar-refractivity contribution in [3.63, 3.8) is 0 Å². The number of nitrogens with one attached hydrogen (secondary N) is 2. The van der Waals surface area contributed by atoms with Crippen LogP contribution in [0.5, 0.6) is 0 Å². The smallest absolute Gasteiger partial charge is 0.314 e. The number of carbonyl (C=O) groups excluding carboxylic acids is 2. The Morgan fingerprint density at radius 3 is 2.94 bits per heavy atom. The van der Waals surface area contributed by atoms with Crippen molar-refractivity contribution in [2.45, 2.75) is 19.4 Å². The molecule has 1 fully saturated rings. The number of morpholine rings is 1. The molecular formula is C10H19N3O3. The molecule has 16 heavy (non-hydrogen) atoms. The van der Waals surface area contributed by atoms with Gasteiger partial charge in [0.2, 0.25) is 5.91 Å². The molecule has 1 saturated heterocycles. The van der Waals surface area contributed by atoms with Gasteiger partial charge in [-0.05, 0) is 6.42 Å². The number of ether oxygens (including phenoxy) is 1. The zero-order valence-corrected chi connectivity index (χ0v) is 9.78. The highest BCUT2D eigenvalue weighted by Gasteiger charge is 2.23. The molecule has 0 aliphatic carbocycles. The van der Waals surface area contributed by atoms with Gasteiger partial charge in [0.25, 0.3) is 0 Å². The Kier molecular flexibility index (Phi) is 5.04. The van der Waals surface area contributed by atoms with E-state index in [1.54, 1.807) is 11.9 Å². The van der Waals surface area contributed by atoms with Crippen molar-refractivity contribution in [2.75, 3.05) is 33.3 Å². The van der Waals surface area contributed by atoms with Crippen molar-refractivity contribution in [3.8, 4) is 0 Å². The van der Waals surface area contributed by atoms with E-state index in [0.29, 0.717) is 19.6 Å². The Bertz CT molecular complexity index is 258. The van der Waals surface area contributed by atoms with Crippen LogP contribution in [0.2, 0.25) is 0 Å². The predicted molar refractivity (Wildman–Crippen MR) is 59.1 cm³/mol. The standard InChI is InChI=1S/C10H19N3O3/c1-3-4-11-10(15)12-5-8-6-13(2)9(14)7-16-8/h8H,3-7H2,1-2H3,(H2,11,12,15). The topological polar surface area (TPSA) is 70.7 Å². The van der Waals surface area contributed by atoms with E-state index in [1.165, 1.54) is 0 Å². The molecule has 0 spiro atoms. The second kappa shape index (κ2) is 6.32. The number of amides is 3. The van der Waals surface area contributed by atoms with Crippen LogP contribution in [0.3, 0.4) is 0 Å². The van der Waals surface area contributed by atoms with Gasteiger partial charge in [0.1, 0.15) is 6.61 Å². The maximum Gasteiger partial charge on any atom is 0.314 e. The minimum Gasteiger partial charge on any atom is -0.365 e. The van der Waals surface area contributed by atoms with E-state index in [-0.39, 0.29) is 24.6 Å². The summed E-state index contributed by atoms with van der Waals surface area (Å²) in [5.41, 5.74) is 0. The fourth-order valence-electron chi connectivity index (χ4n) is 1.39. The molecule has 6 heteroatoms. The normalized spacial score (nSPS) is 20.8. The lowest BCUT2D eigenvalue weighted by molar-refractivity contribution is -0.146. The van der Waals surface area contributed by atoms with Gasteiger partial charge in [-0.2, -0.15) is 0 Å². The monoisotopic (exact) mass is 229 g/mol. The Hall–Kier alpha value is -1.30. The number of nitrogens with zero attached hydrogens (tertiary/aromatic N) is 1.